The van der Waals surface area contributed by atoms with Crippen LogP contribution < -0.4 is 14.8 Å². The molecule has 1 aliphatic rings. The summed E-state index contributed by atoms with van der Waals surface area (Å²) in [5, 5.41) is 4.54. The number of aromatic nitrogens is 3. The number of likely N-dealkylation sites (tertiary alicyclic amines) is 1. The SMILES string of the molecule is Cc1ccc2c(NS(=O)(=O)c3ccccc3Cl)cccc2c1Oc1ncccc1-c1ccnc(N[C@H]2CCCN(CC(F)(F)F)C2)n1. The van der Waals surface area contributed by atoms with Crippen molar-refractivity contribution in [1.82, 2.24) is 19.9 Å². The summed E-state index contributed by atoms with van der Waals surface area (Å²) in [6.07, 6.45) is 0.212. The number of aryl methyl sites for hydroxylation is 1. The predicted octanol–water partition coefficient (Wildman–Crippen LogP) is 7.69. The van der Waals surface area contributed by atoms with Crippen molar-refractivity contribution in [2.75, 3.05) is 29.7 Å². The zero-order valence-corrected chi connectivity index (χ0v) is 26.7. The molecule has 6 rings (SSSR count). The van der Waals surface area contributed by atoms with E-state index in [1.165, 1.54) is 17.0 Å². The molecular formula is C33H30ClF3N6O3S. The number of ether oxygens (including phenoxy) is 1. The number of hydrogen-bond donors (Lipinski definition) is 2. The first kappa shape index (κ1) is 32.5. The molecule has 3 heterocycles. The molecule has 2 N–H and O–H groups in total. The first-order valence-electron chi connectivity index (χ1n) is 14.8. The van der Waals surface area contributed by atoms with Gasteiger partial charge in [0.15, 0.2) is 0 Å². The van der Waals surface area contributed by atoms with E-state index in [-0.39, 0.29) is 34.3 Å². The molecule has 47 heavy (non-hydrogen) atoms. The lowest BCUT2D eigenvalue weighted by Crippen LogP contribution is -2.46. The van der Waals surface area contributed by atoms with Gasteiger partial charge in [-0.05, 0) is 68.3 Å². The zero-order chi connectivity index (χ0) is 33.2. The summed E-state index contributed by atoms with van der Waals surface area (Å²) < 4.78 is 74.5. The molecule has 2 aromatic heterocycles. The fraction of sp³-hybridized carbons (Fsp3) is 0.242. The third kappa shape index (κ3) is 7.58. The Morgan fingerprint density at radius 1 is 0.979 bits per heavy atom. The quantitative estimate of drug-likeness (QED) is 0.163. The predicted molar refractivity (Wildman–Crippen MR) is 175 cm³/mol. The van der Waals surface area contributed by atoms with Crippen LogP contribution in [0.3, 0.4) is 0 Å². The van der Waals surface area contributed by atoms with Gasteiger partial charge < -0.3 is 10.1 Å². The highest BCUT2D eigenvalue weighted by Crippen LogP contribution is 2.39. The van der Waals surface area contributed by atoms with Crippen molar-refractivity contribution in [3.05, 3.63) is 95.8 Å². The number of nitrogens with zero attached hydrogens (tertiary/aromatic N) is 4. The lowest BCUT2D eigenvalue weighted by molar-refractivity contribution is -0.147. The highest BCUT2D eigenvalue weighted by atomic mass is 35.5. The van der Waals surface area contributed by atoms with Crippen LogP contribution in [-0.2, 0) is 10.0 Å². The van der Waals surface area contributed by atoms with Gasteiger partial charge >= 0.3 is 6.18 Å². The molecular weight excluding hydrogens is 653 g/mol. The molecule has 0 radical (unpaired) electrons. The largest absolute Gasteiger partial charge is 0.437 e. The van der Waals surface area contributed by atoms with E-state index in [0.29, 0.717) is 52.9 Å². The summed E-state index contributed by atoms with van der Waals surface area (Å²) in [4.78, 5) is 14.8. The highest BCUT2D eigenvalue weighted by Gasteiger charge is 2.33. The van der Waals surface area contributed by atoms with Crippen molar-refractivity contribution < 1.29 is 26.3 Å². The van der Waals surface area contributed by atoms with Crippen LogP contribution in [-0.4, -0.2) is 60.1 Å². The number of rotatable bonds is 9. The van der Waals surface area contributed by atoms with Crippen LogP contribution >= 0.6 is 11.6 Å². The number of nitrogens with one attached hydrogen (secondary N) is 2. The normalized spacial score (nSPS) is 15.8. The number of hydrogen-bond acceptors (Lipinski definition) is 8. The Morgan fingerprint density at radius 2 is 1.81 bits per heavy atom. The maximum absolute atomic E-state index is 13.2. The van der Waals surface area contributed by atoms with Gasteiger partial charge in [0.2, 0.25) is 11.8 Å². The minimum atomic E-state index is -4.26. The number of benzene rings is 3. The van der Waals surface area contributed by atoms with E-state index in [9.17, 15) is 21.6 Å². The summed E-state index contributed by atoms with van der Waals surface area (Å²) in [7, 11) is -3.99. The molecule has 1 aliphatic heterocycles. The number of halogens is 4. The van der Waals surface area contributed by atoms with Crippen molar-refractivity contribution in [3.63, 3.8) is 0 Å². The number of anilines is 2. The lowest BCUT2D eigenvalue weighted by Gasteiger charge is -2.33. The fourth-order valence-corrected chi connectivity index (χ4v) is 7.22. The molecule has 244 valence electrons. The molecule has 0 spiro atoms. The molecule has 1 saturated heterocycles. The summed E-state index contributed by atoms with van der Waals surface area (Å²) in [5.41, 5.74) is 2.19. The van der Waals surface area contributed by atoms with Gasteiger partial charge in [-0.2, -0.15) is 13.2 Å². The second kappa shape index (κ2) is 13.3. The summed E-state index contributed by atoms with van der Waals surface area (Å²) in [6.45, 7) is 1.53. The Labute approximate surface area is 274 Å². The van der Waals surface area contributed by atoms with Gasteiger partial charge in [-0.3, -0.25) is 9.62 Å². The fourth-order valence-electron chi connectivity index (χ4n) is 5.62. The van der Waals surface area contributed by atoms with E-state index in [4.69, 9.17) is 16.3 Å². The second-order valence-corrected chi connectivity index (χ2v) is 13.3. The Hall–Kier alpha value is -4.46. The maximum Gasteiger partial charge on any atom is 0.401 e. The van der Waals surface area contributed by atoms with E-state index >= 15 is 0 Å². The monoisotopic (exact) mass is 682 g/mol. The Balaban J connectivity index is 1.28. The van der Waals surface area contributed by atoms with Crippen LogP contribution in [0.1, 0.15) is 18.4 Å². The third-order valence-electron chi connectivity index (χ3n) is 7.72. The minimum absolute atomic E-state index is 0.0405. The number of pyridine rings is 1. The third-order valence-corrected chi connectivity index (χ3v) is 9.59. The summed E-state index contributed by atoms with van der Waals surface area (Å²) in [5.74, 6) is 1.01. The van der Waals surface area contributed by atoms with Crippen LogP contribution in [0.25, 0.3) is 22.0 Å². The van der Waals surface area contributed by atoms with Crippen LogP contribution in [0, 0.1) is 6.92 Å². The van der Waals surface area contributed by atoms with Gasteiger partial charge in [0.1, 0.15) is 10.6 Å². The van der Waals surface area contributed by atoms with Gasteiger partial charge in [0, 0.05) is 35.8 Å². The van der Waals surface area contributed by atoms with Gasteiger partial charge in [-0.25, -0.2) is 23.4 Å². The van der Waals surface area contributed by atoms with Gasteiger partial charge in [-0.1, -0.05) is 48.0 Å². The molecule has 9 nitrogen and oxygen atoms in total. The van der Waals surface area contributed by atoms with Crippen molar-refractivity contribution in [2.45, 2.75) is 36.9 Å². The molecule has 1 fully saturated rings. The second-order valence-electron chi connectivity index (χ2n) is 11.2. The number of piperidine rings is 1. The molecule has 14 heteroatoms. The molecule has 1 atom stereocenters. The van der Waals surface area contributed by atoms with Crippen LogP contribution in [0.4, 0.5) is 24.8 Å². The van der Waals surface area contributed by atoms with E-state index < -0.39 is 22.7 Å². The highest BCUT2D eigenvalue weighted by molar-refractivity contribution is 7.92. The summed E-state index contributed by atoms with van der Waals surface area (Å²) >= 11 is 6.18. The summed E-state index contributed by atoms with van der Waals surface area (Å²) in [6, 6.07) is 20.0. The molecule has 3 aromatic carbocycles. The Kier molecular flexibility index (Phi) is 9.22. The van der Waals surface area contributed by atoms with Gasteiger partial charge in [-0.15, -0.1) is 0 Å². The van der Waals surface area contributed by atoms with Gasteiger partial charge in [0.25, 0.3) is 10.0 Å². The first-order chi connectivity index (χ1) is 22.5. The molecule has 0 bridgehead atoms. The number of fused-ring (bicyclic) bond motifs is 1. The van der Waals surface area contributed by atoms with Crippen LogP contribution in [0.5, 0.6) is 11.6 Å². The van der Waals surface area contributed by atoms with E-state index in [1.807, 2.05) is 25.1 Å². The van der Waals surface area contributed by atoms with Crippen LogP contribution in [0.15, 0.2) is 90.1 Å². The maximum atomic E-state index is 13.2. The minimum Gasteiger partial charge on any atom is -0.437 e. The first-order valence-corrected chi connectivity index (χ1v) is 16.6. The van der Waals surface area contributed by atoms with Crippen molar-refractivity contribution >= 4 is 44.0 Å². The Morgan fingerprint density at radius 3 is 2.62 bits per heavy atom. The van der Waals surface area contributed by atoms with Gasteiger partial charge in [0.05, 0.1) is 28.5 Å². The van der Waals surface area contributed by atoms with Crippen LogP contribution in [0.2, 0.25) is 5.02 Å². The number of alkyl halides is 3. The molecule has 0 aliphatic carbocycles. The topological polar surface area (TPSA) is 109 Å². The van der Waals surface area contributed by atoms with E-state index in [2.05, 4.69) is 25.0 Å². The standard InChI is InChI=1S/C33H30ClF3N6O3S/c1-21-13-14-23-24(8-4-11-28(23)42-47(44,45)29-12-3-2-10-26(29)34)30(21)46-31-25(9-5-16-38-31)27-15-17-39-32(41-27)40-22-7-6-18-43(19-22)20-33(35,36)37/h2-5,8-17,22,42H,6-7,18-20H2,1H3,(H,39,40,41)/t22-/m0/s1. The van der Waals surface area contributed by atoms with E-state index in [0.717, 1.165) is 5.56 Å². The Bertz CT molecular complexity index is 2030. The molecule has 0 saturated carbocycles. The molecule has 0 amide bonds. The smallest absolute Gasteiger partial charge is 0.401 e. The van der Waals surface area contributed by atoms with Crippen molar-refractivity contribution in [2.24, 2.45) is 0 Å². The zero-order valence-electron chi connectivity index (χ0n) is 25.1. The van der Waals surface area contributed by atoms with Crippen molar-refractivity contribution in [3.8, 4) is 22.9 Å². The van der Waals surface area contributed by atoms with Crippen molar-refractivity contribution in [1.29, 1.82) is 0 Å². The molecule has 5 aromatic rings. The van der Waals surface area contributed by atoms with E-state index in [1.54, 1.807) is 54.9 Å². The molecule has 0 unspecified atom stereocenters. The number of sulfonamides is 1. The lowest BCUT2D eigenvalue weighted by atomic mass is 10.0. The average molecular weight is 683 g/mol. The average Bonchev–Trinajstić information content (AvgIpc) is 3.02.